The molecule has 32 heavy (non-hydrogen) atoms. The molecule has 4 aromatic rings. The summed E-state index contributed by atoms with van der Waals surface area (Å²) in [6.45, 7) is 0.0498. The number of ether oxygens (including phenoxy) is 1. The smallest absolute Gasteiger partial charge is 0.244 e. The van der Waals surface area contributed by atoms with Gasteiger partial charge in [-0.25, -0.2) is 0 Å². The molecule has 2 heterocycles. The Morgan fingerprint density at radius 3 is 2.62 bits per heavy atom. The summed E-state index contributed by atoms with van der Waals surface area (Å²) in [5, 5.41) is 9.96. The second-order valence-electron chi connectivity index (χ2n) is 6.89. The second kappa shape index (κ2) is 10.3. The highest BCUT2D eigenvalue weighted by molar-refractivity contribution is 7.98. The van der Waals surface area contributed by atoms with Crippen LogP contribution < -0.4 is 10.1 Å². The summed E-state index contributed by atoms with van der Waals surface area (Å²) in [6.07, 6.45) is 3.63. The molecular formula is C23H21N5O2S2. The summed E-state index contributed by atoms with van der Waals surface area (Å²) in [4.78, 5) is 17.9. The maximum absolute atomic E-state index is 12.7. The number of anilines is 1. The minimum absolute atomic E-state index is 0.0498. The number of carbonyl (C=O) groups is 1. The first-order chi connectivity index (χ1) is 15.6. The summed E-state index contributed by atoms with van der Waals surface area (Å²) in [7, 11) is 1.61. The average molecular weight is 464 g/mol. The largest absolute Gasteiger partial charge is 0.497 e. The zero-order valence-corrected chi connectivity index (χ0v) is 19.0. The van der Waals surface area contributed by atoms with E-state index in [0.717, 1.165) is 27.6 Å². The van der Waals surface area contributed by atoms with Crippen molar-refractivity contribution in [2.45, 2.75) is 17.2 Å². The standard InChI is InChI=1S/C23H21N5O2S2/c1-30-19-8-4-17(5-9-19)22-26-27-23(31)28(22)14-21(29)25-18-6-10-20(11-7-18)32-15-16-3-2-12-24-13-16/h2-13H,14-15H2,1H3,(H,25,29)(H,27,31). The number of H-pyrrole nitrogens is 1. The number of nitrogens with one attached hydrogen (secondary N) is 2. The van der Waals surface area contributed by atoms with Crippen LogP contribution in [0, 0.1) is 4.77 Å². The van der Waals surface area contributed by atoms with E-state index in [2.05, 4.69) is 26.6 Å². The van der Waals surface area contributed by atoms with Gasteiger partial charge in [0.25, 0.3) is 0 Å². The number of methoxy groups -OCH3 is 1. The number of benzene rings is 2. The van der Waals surface area contributed by atoms with Crippen LogP contribution in [0.4, 0.5) is 5.69 Å². The molecule has 9 heteroatoms. The molecule has 2 N–H and O–H groups in total. The van der Waals surface area contributed by atoms with Gasteiger partial charge >= 0.3 is 0 Å². The van der Waals surface area contributed by atoms with Gasteiger partial charge in [0.1, 0.15) is 12.3 Å². The van der Waals surface area contributed by atoms with Gasteiger partial charge in [-0.05, 0) is 72.4 Å². The monoisotopic (exact) mass is 463 g/mol. The van der Waals surface area contributed by atoms with Gasteiger partial charge in [0, 0.05) is 34.3 Å². The van der Waals surface area contributed by atoms with Crippen LogP contribution in [0.1, 0.15) is 5.56 Å². The molecule has 0 bridgehead atoms. The van der Waals surface area contributed by atoms with Crippen molar-refractivity contribution in [3.63, 3.8) is 0 Å². The minimum Gasteiger partial charge on any atom is -0.497 e. The predicted octanol–water partition coefficient (Wildman–Crippen LogP) is 4.94. The van der Waals surface area contributed by atoms with Crippen molar-refractivity contribution in [3.8, 4) is 17.1 Å². The molecule has 0 fully saturated rings. The molecular weight excluding hydrogens is 442 g/mol. The van der Waals surface area contributed by atoms with Gasteiger partial charge in [-0.3, -0.25) is 19.4 Å². The van der Waals surface area contributed by atoms with E-state index in [1.54, 1.807) is 29.6 Å². The Balaban J connectivity index is 1.38. The lowest BCUT2D eigenvalue weighted by molar-refractivity contribution is -0.116. The van der Waals surface area contributed by atoms with Gasteiger partial charge in [0.15, 0.2) is 10.6 Å². The summed E-state index contributed by atoms with van der Waals surface area (Å²) < 4.78 is 7.25. The second-order valence-corrected chi connectivity index (χ2v) is 8.32. The van der Waals surface area contributed by atoms with E-state index in [0.29, 0.717) is 10.6 Å². The van der Waals surface area contributed by atoms with Gasteiger partial charge in [0.05, 0.1) is 7.11 Å². The number of aromatic nitrogens is 4. The zero-order valence-electron chi connectivity index (χ0n) is 17.3. The number of rotatable bonds is 8. The molecule has 162 valence electrons. The Labute approximate surface area is 194 Å². The number of carbonyl (C=O) groups excluding carboxylic acids is 1. The number of hydrogen-bond acceptors (Lipinski definition) is 6. The Morgan fingerprint density at radius 2 is 1.94 bits per heavy atom. The Morgan fingerprint density at radius 1 is 1.16 bits per heavy atom. The molecule has 0 aliphatic rings. The van der Waals surface area contributed by atoms with Crippen LogP contribution in [-0.2, 0) is 17.1 Å². The first-order valence-electron chi connectivity index (χ1n) is 9.83. The van der Waals surface area contributed by atoms with E-state index in [1.165, 1.54) is 5.56 Å². The lowest BCUT2D eigenvalue weighted by atomic mass is 10.2. The fourth-order valence-electron chi connectivity index (χ4n) is 3.05. The minimum atomic E-state index is -0.187. The summed E-state index contributed by atoms with van der Waals surface area (Å²) in [5.74, 6) is 1.99. The van der Waals surface area contributed by atoms with Crippen molar-refractivity contribution in [1.82, 2.24) is 19.7 Å². The first-order valence-corrected chi connectivity index (χ1v) is 11.2. The SMILES string of the molecule is COc1ccc(-c2n[nH]c(=S)n2CC(=O)Nc2ccc(SCc3cccnc3)cc2)cc1. The Kier molecular flexibility index (Phi) is 6.98. The molecule has 0 atom stereocenters. The molecule has 0 aliphatic carbocycles. The number of pyridine rings is 1. The Bertz CT molecular complexity index is 1240. The number of thioether (sulfide) groups is 1. The third-order valence-electron chi connectivity index (χ3n) is 4.67. The highest BCUT2D eigenvalue weighted by atomic mass is 32.2. The topological polar surface area (TPSA) is 84.8 Å². The van der Waals surface area contributed by atoms with E-state index in [1.807, 2.05) is 60.8 Å². The molecule has 0 saturated carbocycles. The van der Waals surface area contributed by atoms with Crippen molar-refractivity contribution >= 4 is 35.6 Å². The molecule has 0 saturated heterocycles. The summed E-state index contributed by atoms with van der Waals surface area (Å²) >= 11 is 7.04. The quantitative estimate of drug-likeness (QED) is 0.284. The molecule has 2 aromatic heterocycles. The van der Waals surface area contributed by atoms with Gasteiger partial charge < -0.3 is 10.1 Å². The Hall–Kier alpha value is -3.43. The van der Waals surface area contributed by atoms with Crippen molar-refractivity contribution < 1.29 is 9.53 Å². The maximum Gasteiger partial charge on any atom is 0.244 e. The molecule has 2 aromatic carbocycles. The first kappa shape index (κ1) is 21.8. The van der Waals surface area contributed by atoms with E-state index in [-0.39, 0.29) is 12.5 Å². The van der Waals surface area contributed by atoms with E-state index in [9.17, 15) is 4.79 Å². The summed E-state index contributed by atoms with van der Waals surface area (Å²) in [5.41, 5.74) is 2.72. The van der Waals surface area contributed by atoms with Gasteiger partial charge in [-0.2, -0.15) is 5.10 Å². The van der Waals surface area contributed by atoms with Gasteiger partial charge in [0.2, 0.25) is 5.91 Å². The summed E-state index contributed by atoms with van der Waals surface area (Å²) in [6, 6.07) is 19.2. The molecule has 7 nitrogen and oxygen atoms in total. The predicted molar refractivity (Wildman–Crippen MR) is 128 cm³/mol. The van der Waals surface area contributed by atoms with Crippen LogP contribution in [0.2, 0.25) is 0 Å². The van der Waals surface area contributed by atoms with Crippen LogP contribution in [0.5, 0.6) is 5.75 Å². The number of aromatic amines is 1. The van der Waals surface area contributed by atoms with Crippen molar-refractivity contribution in [2.75, 3.05) is 12.4 Å². The third-order valence-corrected chi connectivity index (χ3v) is 6.07. The fourth-order valence-corrected chi connectivity index (χ4v) is 4.08. The highest BCUT2D eigenvalue weighted by Crippen LogP contribution is 2.24. The highest BCUT2D eigenvalue weighted by Gasteiger charge is 2.13. The molecule has 4 rings (SSSR count). The van der Waals surface area contributed by atoms with E-state index >= 15 is 0 Å². The third kappa shape index (κ3) is 5.43. The fraction of sp³-hybridized carbons (Fsp3) is 0.130. The van der Waals surface area contributed by atoms with Crippen LogP contribution >= 0.6 is 24.0 Å². The number of nitrogens with zero attached hydrogens (tertiary/aromatic N) is 3. The van der Waals surface area contributed by atoms with E-state index < -0.39 is 0 Å². The molecule has 0 unspecified atom stereocenters. The van der Waals surface area contributed by atoms with Crippen LogP contribution in [-0.4, -0.2) is 32.8 Å². The molecule has 0 spiro atoms. The molecule has 0 radical (unpaired) electrons. The van der Waals surface area contributed by atoms with Gasteiger partial charge in [-0.15, -0.1) is 11.8 Å². The normalized spacial score (nSPS) is 10.7. The maximum atomic E-state index is 12.7. The van der Waals surface area contributed by atoms with E-state index in [4.69, 9.17) is 17.0 Å². The van der Waals surface area contributed by atoms with Crippen molar-refractivity contribution in [1.29, 1.82) is 0 Å². The lowest BCUT2D eigenvalue weighted by Gasteiger charge is -2.09. The van der Waals surface area contributed by atoms with Crippen LogP contribution in [0.25, 0.3) is 11.4 Å². The van der Waals surface area contributed by atoms with Crippen LogP contribution in [0.15, 0.2) is 78.0 Å². The zero-order chi connectivity index (χ0) is 22.3. The number of hydrogen-bond donors (Lipinski definition) is 2. The molecule has 1 amide bonds. The lowest BCUT2D eigenvalue weighted by Crippen LogP contribution is -2.19. The molecule has 0 aliphatic heterocycles. The van der Waals surface area contributed by atoms with Crippen LogP contribution in [0.3, 0.4) is 0 Å². The average Bonchev–Trinajstić information content (AvgIpc) is 3.19. The van der Waals surface area contributed by atoms with Gasteiger partial charge in [-0.1, -0.05) is 6.07 Å². The van der Waals surface area contributed by atoms with Crippen molar-refractivity contribution in [2.24, 2.45) is 0 Å². The van der Waals surface area contributed by atoms with Crippen molar-refractivity contribution in [3.05, 3.63) is 83.4 Å². The number of amides is 1.